The molecule has 2 aromatic rings. The maximum absolute atomic E-state index is 12.2. The molecule has 3 heterocycles. The van der Waals surface area contributed by atoms with E-state index in [1.54, 1.807) is 11.3 Å². The Morgan fingerprint density at radius 1 is 1.27 bits per heavy atom. The van der Waals surface area contributed by atoms with Crippen molar-refractivity contribution in [1.29, 1.82) is 0 Å². The quantitative estimate of drug-likeness (QED) is 0.829. The van der Waals surface area contributed by atoms with Gasteiger partial charge in [0.25, 0.3) is 0 Å². The summed E-state index contributed by atoms with van der Waals surface area (Å²) in [7, 11) is 0. The van der Waals surface area contributed by atoms with Crippen molar-refractivity contribution in [1.82, 2.24) is 10.4 Å². The number of aromatic nitrogens is 1. The van der Waals surface area contributed by atoms with Crippen LogP contribution in [-0.2, 0) is 16.0 Å². The molecule has 1 aromatic carbocycles. The molecule has 4 rings (SSSR count). The number of nitrogens with one attached hydrogen (secondary N) is 1. The van der Waals surface area contributed by atoms with Crippen LogP contribution in [0.1, 0.15) is 17.7 Å². The molecule has 7 nitrogen and oxygen atoms in total. The highest BCUT2D eigenvalue weighted by atomic mass is 32.1. The third kappa shape index (κ3) is 3.86. The Labute approximate surface area is 155 Å². The predicted molar refractivity (Wildman–Crippen MR) is 100 cm³/mol. The number of carbonyl (C=O) groups is 1. The van der Waals surface area contributed by atoms with Crippen molar-refractivity contribution in [3.05, 3.63) is 40.9 Å². The van der Waals surface area contributed by atoms with Crippen LogP contribution in [-0.4, -0.2) is 49.5 Å². The number of carbonyl (C=O) groups excluding carboxylic acids is 1. The molecule has 2 aliphatic rings. The SMILES string of the molecule is O=C(Cc1csc(N2CCOCC2)n1)N/N=C1/CCOc2ccccc21. The number of hydrazone groups is 1. The van der Waals surface area contributed by atoms with E-state index in [2.05, 4.69) is 20.4 Å². The molecule has 1 saturated heterocycles. The summed E-state index contributed by atoms with van der Waals surface area (Å²) < 4.78 is 11.0. The monoisotopic (exact) mass is 372 g/mol. The number of amides is 1. The Morgan fingerprint density at radius 2 is 2.12 bits per heavy atom. The predicted octanol–water partition coefficient (Wildman–Crippen LogP) is 1.83. The lowest BCUT2D eigenvalue weighted by Gasteiger charge is -2.26. The second-order valence-electron chi connectivity index (χ2n) is 6.09. The van der Waals surface area contributed by atoms with Crippen LogP contribution in [0, 0.1) is 0 Å². The highest BCUT2D eigenvalue weighted by Gasteiger charge is 2.18. The zero-order valence-electron chi connectivity index (χ0n) is 14.3. The number of fused-ring (bicyclic) bond motifs is 1. The van der Waals surface area contributed by atoms with Gasteiger partial charge in [-0.1, -0.05) is 12.1 Å². The molecule has 1 fully saturated rings. The van der Waals surface area contributed by atoms with Gasteiger partial charge in [-0.25, -0.2) is 10.4 Å². The summed E-state index contributed by atoms with van der Waals surface area (Å²) in [5.74, 6) is 0.640. The molecule has 26 heavy (non-hydrogen) atoms. The molecule has 0 bridgehead atoms. The van der Waals surface area contributed by atoms with Gasteiger partial charge in [0, 0.05) is 30.5 Å². The first-order valence-corrected chi connectivity index (χ1v) is 9.52. The number of hydrogen-bond acceptors (Lipinski definition) is 7. The second kappa shape index (κ2) is 7.84. The third-order valence-corrected chi connectivity index (χ3v) is 5.22. The van der Waals surface area contributed by atoms with E-state index in [1.165, 1.54) is 0 Å². The van der Waals surface area contributed by atoms with E-state index < -0.39 is 0 Å². The van der Waals surface area contributed by atoms with Crippen LogP contribution < -0.4 is 15.1 Å². The van der Waals surface area contributed by atoms with Crippen LogP contribution in [0.5, 0.6) is 5.75 Å². The van der Waals surface area contributed by atoms with Gasteiger partial charge in [-0.05, 0) is 12.1 Å². The Hall–Kier alpha value is -2.45. The van der Waals surface area contributed by atoms with E-state index >= 15 is 0 Å². The summed E-state index contributed by atoms with van der Waals surface area (Å²) in [6, 6.07) is 7.73. The van der Waals surface area contributed by atoms with Crippen molar-refractivity contribution in [2.45, 2.75) is 12.8 Å². The van der Waals surface area contributed by atoms with Gasteiger partial charge in [-0.2, -0.15) is 5.10 Å². The van der Waals surface area contributed by atoms with Gasteiger partial charge in [-0.15, -0.1) is 11.3 Å². The molecule has 0 spiro atoms. The summed E-state index contributed by atoms with van der Waals surface area (Å²) in [4.78, 5) is 19.0. The van der Waals surface area contributed by atoms with E-state index in [9.17, 15) is 4.79 Å². The van der Waals surface area contributed by atoms with Crippen molar-refractivity contribution in [2.24, 2.45) is 5.10 Å². The van der Waals surface area contributed by atoms with Crippen LogP contribution in [0.15, 0.2) is 34.7 Å². The summed E-state index contributed by atoms with van der Waals surface area (Å²) in [5, 5.41) is 7.18. The van der Waals surface area contributed by atoms with Gasteiger partial charge < -0.3 is 14.4 Å². The van der Waals surface area contributed by atoms with Crippen molar-refractivity contribution in [3.63, 3.8) is 0 Å². The normalized spacial score (nSPS) is 18.3. The van der Waals surface area contributed by atoms with Crippen molar-refractivity contribution >= 4 is 28.1 Å². The van der Waals surface area contributed by atoms with Crippen LogP contribution >= 0.6 is 11.3 Å². The van der Waals surface area contributed by atoms with Crippen molar-refractivity contribution in [2.75, 3.05) is 37.8 Å². The number of nitrogens with zero attached hydrogens (tertiary/aromatic N) is 3. The number of anilines is 1. The minimum Gasteiger partial charge on any atom is -0.492 e. The van der Waals surface area contributed by atoms with Crippen molar-refractivity contribution in [3.8, 4) is 5.75 Å². The number of rotatable bonds is 4. The van der Waals surface area contributed by atoms with Gasteiger partial charge in [-0.3, -0.25) is 4.79 Å². The van der Waals surface area contributed by atoms with Gasteiger partial charge in [0.15, 0.2) is 5.13 Å². The van der Waals surface area contributed by atoms with E-state index in [-0.39, 0.29) is 12.3 Å². The highest BCUT2D eigenvalue weighted by molar-refractivity contribution is 7.13. The topological polar surface area (TPSA) is 76.1 Å². The first-order chi connectivity index (χ1) is 12.8. The lowest BCUT2D eigenvalue weighted by molar-refractivity contribution is -0.120. The number of morpholine rings is 1. The summed E-state index contributed by atoms with van der Waals surface area (Å²) in [6.45, 7) is 3.69. The standard InChI is InChI=1S/C18H20N4O3S/c23-17(11-13-12-26-18(19-13)22-6-9-24-10-7-22)21-20-15-5-8-25-16-4-2-1-3-14(15)16/h1-4,12H,5-11H2,(H,21,23)/b20-15-. The number of ether oxygens (including phenoxy) is 2. The van der Waals surface area contributed by atoms with E-state index in [4.69, 9.17) is 9.47 Å². The molecular weight excluding hydrogens is 352 g/mol. The maximum Gasteiger partial charge on any atom is 0.246 e. The molecule has 1 amide bonds. The molecule has 0 atom stereocenters. The molecule has 2 aliphatic heterocycles. The molecule has 1 aromatic heterocycles. The number of benzene rings is 1. The Morgan fingerprint density at radius 3 is 3.00 bits per heavy atom. The van der Waals surface area contributed by atoms with Gasteiger partial charge in [0.2, 0.25) is 5.91 Å². The number of para-hydroxylation sites is 1. The maximum atomic E-state index is 12.2. The van der Waals surface area contributed by atoms with Crippen LogP contribution in [0.3, 0.4) is 0 Å². The molecule has 0 unspecified atom stereocenters. The second-order valence-corrected chi connectivity index (χ2v) is 6.92. The van der Waals surface area contributed by atoms with Gasteiger partial charge >= 0.3 is 0 Å². The zero-order valence-corrected chi connectivity index (χ0v) is 15.1. The zero-order chi connectivity index (χ0) is 17.8. The molecule has 1 N–H and O–H groups in total. The van der Waals surface area contributed by atoms with Gasteiger partial charge in [0.05, 0.1) is 37.6 Å². The first-order valence-electron chi connectivity index (χ1n) is 8.64. The third-order valence-electron chi connectivity index (χ3n) is 4.27. The highest BCUT2D eigenvalue weighted by Crippen LogP contribution is 2.24. The molecule has 0 saturated carbocycles. The van der Waals surface area contributed by atoms with E-state index in [0.717, 1.165) is 54.2 Å². The summed E-state index contributed by atoms with van der Waals surface area (Å²) in [5.41, 5.74) is 5.19. The minimum atomic E-state index is -0.166. The van der Waals surface area contributed by atoms with E-state index in [1.807, 2.05) is 29.6 Å². The Kier molecular flexibility index (Phi) is 5.12. The Bertz CT molecular complexity index is 814. The summed E-state index contributed by atoms with van der Waals surface area (Å²) in [6.07, 6.45) is 0.894. The van der Waals surface area contributed by atoms with Crippen LogP contribution in [0.25, 0.3) is 0 Å². The van der Waals surface area contributed by atoms with Gasteiger partial charge in [0.1, 0.15) is 5.75 Å². The largest absolute Gasteiger partial charge is 0.492 e. The fourth-order valence-corrected chi connectivity index (χ4v) is 3.83. The van der Waals surface area contributed by atoms with Crippen molar-refractivity contribution < 1.29 is 14.3 Å². The molecule has 136 valence electrons. The van der Waals surface area contributed by atoms with Crippen LogP contribution in [0.2, 0.25) is 0 Å². The number of hydrogen-bond donors (Lipinski definition) is 1. The lowest BCUT2D eigenvalue weighted by atomic mass is 10.0. The fraction of sp³-hybridized carbons (Fsp3) is 0.389. The molecule has 8 heteroatoms. The summed E-state index contributed by atoms with van der Waals surface area (Å²) >= 11 is 1.56. The lowest BCUT2D eigenvalue weighted by Crippen LogP contribution is -2.36. The minimum absolute atomic E-state index is 0.166. The molecule has 0 radical (unpaired) electrons. The fourth-order valence-electron chi connectivity index (χ4n) is 2.95. The smallest absolute Gasteiger partial charge is 0.246 e. The van der Waals surface area contributed by atoms with E-state index in [0.29, 0.717) is 13.0 Å². The molecule has 0 aliphatic carbocycles. The Balaban J connectivity index is 1.37. The average Bonchev–Trinajstić information content (AvgIpc) is 3.15. The average molecular weight is 372 g/mol. The van der Waals surface area contributed by atoms with Crippen LogP contribution in [0.4, 0.5) is 5.13 Å². The first kappa shape index (κ1) is 17.0. The molecular formula is C18H20N4O3S. The number of thiazole rings is 1.